The van der Waals surface area contributed by atoms with Crippen LogP contribution in [0, 0.1) is 0 Å². The van der Waals surface area contributed by atoms with Gasteiger partial charge in [0.05, 0.1) is 18.9 Å². The fourth-order valence-electron chi connectivity index (χ4n) is 3.16. The van der Waals surface area contributed by atoms with E-state index in [0.29, 0.717) is 36.8 Å². The maximum Gasteiger partial charge on any atom is 0.253 e. The number of amides is 1. The lowest BCUT2D eigenvalue weighted by atomic mass is 9.94. The summed E-state index contributed by atoms with van der Waals surface area (Å²) in [7, 11) is 1.58. The number of methoxy groups -OCH3 is 1. The highest BCUT2D eigenvalue weighted by molar-refractivity contribution is 6.02. The number of pyridine rings is 2. The Balaban J connectivity index is 1.52. The van der Waals surface area contributed by atoms with E-state index in [4.69, 9.17) is 9.47 Å². The predicted octanol–water partition coefficient (Wildman–Crippen LogP) is 3.02. The normalized spacial score (nSPS) is 11.7. The van der Waals surface area contributed by atoms with Crippen molar-refractivity contribution in [2.45, 2.75) is 13.0 Å². The van der Waals surface area contributed by atoms with Crippen molar-refractivity contribution < 1.29 is 14.3 Å². The van der Waals surface area contributed by atoms with E-state index in [1.54, 1.807) is 25.6 Å². The van der Waals surface area contributed by atoms with Crippen molar-refractivity contribution in [1.29, 1.82) is 0 Å². The third-order valence-corrected chi connectivity index (χ3v) is 4.48. The van der Waals surface area contributed by atoms with E-state index in [1.807, 2.05) is 36.4 Å². The smallest absolute Gasteiger partial charge is 0.253 e. The molecule has 6 heteroatoms. The molecule has 1 amide bonds. The molecule has 1 N–H and O–H groups in total. The van der Waals surface area contributed by atoms with Crippen LogP contribution in [0.2, 0.25) is 0 Å². The standard InChI is InChI=1S/C21H19N3O3/c1-26-19-8-4-6-15(24-19)9-10-23-21(25)17-11-22-12-18-20(17)16-7-3-2-5-14(16)13-27-18/h2-8,11-12H,9-10,13H2,1H3,(H,23,25). The van der Waals surface area contributed by atoms with Gasteiger partial charge in [-0.25, -0.2) is 4.98 Å². The number of aromatic nitrogens is 2. The van der Waals surface area contributed by atoms with E-state index in [0.717, 1.165) is 22.4 Å². The molecule has 0 aliphatic carbocycles. The molecular weight excluding hydrogens is 342 g/mol. The Morgan fingerprint density at radius 2 is 2.07 bits per heavy atom. The highest BCUT2D eigenvalue weighted by Gasteiger charge is 2.23. The minimum absolute atomic E-state index is 0.178. The monoisotopic (exact) mass is 361 g/mol. The topological polar surface area (TPSA) is 73.3 Å². The summed E-state index contributed by atoms with van der Waals surface area (Å²) in [4.78, 5) is 21.3. The maximum absolute atomic E-state index is 12.8. The number of rotatable bonds is 5. The first-order chi connectivity index (χ1) is 13.3. The van der Waals surface area contributed by atoms with Gasteiger partial charge in [0, 0.05) is 36.5 Å². The van der Waals surface area contributed by atoms with Crippen LogP contribution in [0.3, 0.4) is 0 Å². The van der Waals surface area contributed by atoms with Crippen LogP contribution in [0.25, 0.3) is 11.1 Å². The third kappa shape index (κ3) is 3.46. The van der Waals surface area contributed by atoms with Gasteiger partial charge in [0.1, 0.15) is 12.4 Å². The van der Waals surface area contributed by atoms with Crippen molar-refractivity contribution in [2.24, 2.45) is 0 Å². The predicted molar refractivity (Wildman–Crippen MR) is 101 cm³/mol. The van der Waals surface area contributed by atoms with Gasteiger partial charge in [0.15, 0.2) is 0 Å². The Labute approximate surface area is 157 Å². The van der Waals surface area contributed by atoms with Crippen LogP contribution >= 0.6 is 0 Å². The second-order valence-electron chi connectivity index (χ2n) is 6.18. The van der Waals surface area contributed by atoms with Gasteiger partial charge in [0.25, 0.3) is 5.91 Å². The molecule has 1 aliphatic rings. The Kier molecular flexibility index (Phi) is 4.70. The lowest BCUT2D eigenvalue weighted by Crippen LogP contribution is -2.27. The molecule has 4 rings (SSSR count). The molecule has 1 aliphatic heterocycles. The molecule has 0 saturated carbocycles. The number of nitrogens with one attached hydrogen (secondary N) is 1. The summed E-state index contributed by atoms with van der Waals surface area (Å²) in [6, 6.07) is 13.5. The van der Waals surface area contributed by atoms with Crippen LogP contribution in [-0.2, 0) is 13.0 Å². The molecule has 27 heavy (non-hydrogen) atoms. The van der Waals surface area contributed by atoms with E-state index in [2.05, 4.69) is 15.3 Å². The fraction of sp³-hybridized carbons (Fsp3) is 0.190. The van der Waals surface area contributed by atoms with Crippen LogP contribution < -0.4 is 14.8 Å². The van der Waals surface area contributed by atoms with Gasteiger partial charge in [-0.05, 0) is 17.2 Å². The summed E-state index contributed by atoms with van der Waals surface area (Å²) >= 11 is 0. The minimum Gasteiger partial charge on any atom is -0.487 e. The first-order valence-electron chi connectivity index (χ1n) is 8.73. The molecule has 0 radical (unpaired) electrons. The number of carbonyl (C=O) groups excluding carboxylic acids is 1. The van der Waals surface area contributed by atoms with Crippen LogP contribution in [0.5, 0.6) is 11.6 Å². The molecule has 0 saturated heterocycles. The zero-order chi connectivity index (χ0) is 18.6. The molecular formula is C21H19N3O3. The molecule has 0 fully saturated rings. The van der Waals surface area contributed by atoms with Gasteiger partial charge in [-0.15, -0.1) is 0 Å². The molecule has 0 unspecified atom stereocenters. The van der Waals surface area contributed by atoms with Gasteiger partial charge >= 0.3 is 0 Å². The Morgan fingerprint density at radius 1 is 1.19 bits per heavy atom. The molecule has 1 aromatic carbocycles. The van der Waals surface area contributed by atoms with E-state index in [-0.39, 0.29) is 5.91 Å². The SMILES string of the molecule is COc1cccc(CCNC(=O)c2cncc3c2-c2ccccc2CO3)n1. The van der Waals surface area contributed by atoms with E-state index in [1.165, 1.54) is 0 Å². The Bertz CT molecular complexity index is 988. The lowest BCUT2D eigenvalue weighted by molar-refractivity contribution is 0.0953. The largest absolute Gasteiger partial charge is 0.487 e. The van der Waals surface area contributed by atoms with E-state index in [9.17, 15) is 4.79 Å². The molecule has 3 heterocycles. The van der Waals surface area contributed by atoms with Gasteiger partial charge in [-0.1, -0.05) is 30.3 Å². The zero-order valence-electron chi connectivity index (χ0n) is 14.9. The van der Waals surface area contributed by atoms with Gasteiger partial charge in [-0.3, -0.25) is 9.78 Å². The van der Waals surface area contributed by atoms with Gasteiger partial charge in [-0.2, -0.15) is 0 Å². The minimum atomic E-state index is -0.178. The maximum atomic E-state index is 12.8. The zero-order valence-corrected chi connectivity index (χ0v) is 14.9. The molecule has 2 aromatic heterocycles. The lowest BCUT2D eigenvalue weighted by Gasteiger charge is -2.22. The first-order valence-corrected chi connectivity index (χ1v) is 8.73. The summed E-state index contributed by atoms with van der Waals surface area (Å²) in [5.41, 5.74) is 4.24. The van der Waals surface area contributed by atoms with Crippen molar-refractivity contribution in [3.63, 3.8) is 0 Å². The highest BCUT2D eigenvalue weighted by Crippen LogP contribution is 2.39. The molecule has 0 bridgehead atoms. The average molecular weight is 361 g/mol. The molecule has 3 aromatic rings. The first kappa shape index (κ1) is 17.0. The van der Waals surface area contributed by atoms with Crippen LogP contribution in [0.15, 0.2) is 54.9 Å². The van der Waals surface area contributed by atoms with Crippen molar-refractivity contribution in [3.8, 4) is 22.8 Å². The fourth-order valence-corrected chi connectivity index (χ4v) is 3.16. The van der Waals surface area contributed by atoms with Gasteiger partial charge in [0.2, 0.25) is 5.88 Å². The number of fused-ring (bicyclic) bond motifs is 3. The Hall–Kier alpha value is -3.41. The van der Waals surface area contributed by atoms with Crippen molar-refractivity contribution in [2.75, 3.05) is 13.7 Å². The molecule has 0 spiro atoms. The van der Waals surface area contributed by atoms with Gasteiger partial charge < -0.3 is 14.8 Å². The van der Waals surface area contributed by atoms with Crippen molar-refractivity contribution >= 4 is 5.91 Å². The number of hydrogen-bond acceptors (Lipinski definition) is 5. The number of nitrogens with zero attached hydrogens (tertiary/aromatic N) is 2. The van der Waals surface area contributed by atoms with E-state index >= 15 is 0 Å². The summed E-state index contributed by atoms with van der Waals surface area (Å²) in [6.45, 7) is 0.947. The molecule has 0 atom stereocenters. The summed E-state index contributed by atoms with van der Waals surface area (Å²) in [6.07, 6.45) is 3.85. The van der Waals surface area contributed by atoms with Crippen LogP contribution in [-0.4, -0.2) is 29.5 Å². The molecule has 136 valence electrons. The second-order valence-corrected chi connectivity index (χ2v) is 6.18. The van der Waals surface area contributed by atoms with Crippen molar-refractivity contribution in [3.05, 3.63) is 71.7 Å². The van der Waals surface area contributed by atoms with Crippen LogP contribution in [0.1, 0.15) is 21.6 Å². The number of carbonyl (C=O) groups is 1. The van der Waals surface area contributed by atoms with E-state index < -0.39 is 0 Å². The third-order valence-electron chi connectivity index (χ3n) is 4.48. The van der Waals surface area contributed by atoms with Crippen molar-refractivity contribution in [1.82, 2.24) is 15.3 Å². The van der Waals surface area contributed by atoms with Crippen LogP contribution in [0.4, 0.5) is 0 Å². The average Bonchev–Trinajstić information content (AvgIpc) is 2.73. The number of hydrogen-bond donors (Lipinski definition) is 1. The summed E-state index contributed by atoms with van der Waals surface area (Å²) in [5.74, 6) is 1.02. The summed E-state index contributed by atoms with van der Waals surface area (Å²) in [5, 5.41) is 2.95. The highest BCUT2D eigenvalue weighted by atomic mass is 16.5. The Morgan fingerprint density at radius 3 is 2.96 bits per heavy atom. The number of benzene rings is 1. The molecule has 6 nitrogen and oxygen atoms in total. The number of ether oxygens (including phenoxy) is 2. The quantitative estimate of drug-likeness (QED) is 0.756. The second kappa shape index (κ2) is 7.45. The summed E-state index contributed by atoms with van der Waals surface area (Å²) < 4.78 is 10.9.